The van der Waals surface area contributed by atoms with Crippen molar-refractivity contribution < 1.29 is 15.0 Å². The van der Waals surface area contributed by atoms with Crippen molar-refractivity contribution in [2.24, 2.45) is 0 Å². The molecule has 0 aromatic carbocycles. The van der Waals surface area contributed by atoms with Crippen LogP contribution in [0.5, 0.6) is 0 Å². The van der Waals surface area contributed by atoms with Crippen LogP contribution in [0, 0.1) is 0 Å². The zero-order valence-corrected chi connectivity index (χ0v) is 44.5. The fourth-order valence-electron chi connectivity index (χ4n) is 8.95. The Kier molecular flexibility index (Phi) is 55.7. The van der Waals surface area contributed by atoms with Crippen molar-refractivity contribution in [1.29, 1.82) is 0 Å². The van der Waals surface area contributed by atoms with E-state index in [1.165, 1.54) is 244 Å². The lowest BCUT2D eigenvalue weighted by Crippen LogP contribution is -2.45. The van der Waals surface area contributed by atoms with E-state index in [-0.39, 0.29) is 12.5 Å². The molecule has 4 nitrogen and oxygen atoms in total. The van der Waals surface area contributed by atoms with Crippen molar-refractivity contribution in [3.63, 3.8) is 0 Å². The number of aliphatic hydroxyl groups excluding tert-OH is 2. The van der Waals surface area contributed by atoms with Crippen LogP contribution < -0.4 is 5.32 Å². The van der Waals surface area contributed by atoms with E-state index in [0.717, 1.165) is 44.9 Å². The van der Waals surface area contributed by atoms with Gasteiger partial charge in [0, 0.05) is 6.42 Å². The van der Waals surface area contributed by atoms with Crippen LogP contribution in [-0.4, -0.2) is 34.9 Å². The fraction of sp³-hybridized carbons (Fsp3) is 0.823. The summed E-state index contributed by atoms with van der Waals surface area (Å²) in [5, 5.41) is 23.2. The van der Waals surface area contributed by atoms with Gasteiger partial charge in [0.25, 0.3) is 0 Å². The SMILES string of the molecule is CCCCCCC/C=C\C/C=C\CCCCCCCCCCCCCCCC(=O)NC(CO)C(O)/C=C/CC/C=C/CC/C=C/CCCCCCCCCCCCCCCCCCCCC. The van der Waals surface area contributed by atoms with Gasteiger partial charge in [0.2, 0.25) is 5.91 Å². The second-order valence-electron chi connectivity index (χ2n) is 20.0. The fourth-order valence-corrected chi connectivity index (χ4v) is 8.95. The third-order valence-corrected chi connectivity index (χ3v) is 13.5. The van der Waals surface area contributed by atoms with Gasteiger partial charge in [0.05, 0.1) is 18.8 Å². The molecule has 2 unspecified atom stereocenters. The van der Waals surface area contributed by atoms with Gasteiger partial charge in [-0.15, -0.1) is 0 Å². The molecule has 0 aliphatic rings. The Labute approximate surface area is 413 Å². The van der Waals surface area contributed by atoms with Crippen molar-refractivity contribution in [3.05, 3.63) is 60.8 Å². The predicted octanol–water partition coefficient (Wildman–Crippen LogP) is 19.6. The highest BCUT2D eigenvalue weighted by Crippen LogP contribution is 2.17. The third kappa shape index (κ3) is 53.1. The molecule has 0 saturated carbocycles. The number of allylic oxidation sites excluding steroid dienone is 9. The monoisotopic (exact) mass is 922 g/mol. The number of hydrogen-bond donors (Lipinski definition) is 3. The Bertz CT molecular complexity index is 1090. The highest BCUT2D eigenvalue weighted by Gasteiger charge is 2.18. The average Bonchev–Trinajstić information content (AvgIpc) is 3.32. The Hall–Kier alpha value is -1.91. The number of aliphatic hydroxyl groups is 2. The van der Waals surface area contributed by atoms with Gasteiger partial charge in [0.15, 0.2) is 0 Å². The molecule has 0 spiro atoms. The topological polar surface area (TPSA) is 69.6 Å². The zero-order valence-electron chi connectivity index (χ0n) is 44.5. The van der Waals surface area contributed by atoms with Crippen LogP contribution >= 0.6 is 0 Å². The van der Waals surface area contributed by atoms with Gasteiger partial charge in [-0.1, -0.05) is 286 Å². The molecular formula is C62H115NO3. The molecular weight excluding hydrogens is 807 g/mol. The van der Waals surface area contributed by atoms with Crippen molar-refractivity contribution in [1.82, 2.24) is 5.32 Å². The standard InChI is InChI=1S/C62H115NO3/c1-3-5-7-9-11-13-15-17-19-21-23-25-27-29-30-31-32-34-35-37-39-41-43-45-47-49-51-53-55-57-61(65)60(59-64)63-62(66)58-56-54-52-50-48-46-44-42-40-38-36-33-28-26-24-22-20-18-16-14-12-10-8-6-4-2/h16,18,22,24,39,41,47,49,55,57,60-61,64-65H,3-15,17,19-21,23,25-38,40,42-46,48,50-54,56,58-59H2,1-2H3,(H,63,66)/b18-16-,24-22-,41-39+,49-47+,57-55+. The number of rotatable bonds is 54. The van der Waals surface area contributed by atoms with Gasteiger partial charge in [-0.2, -0.15) is 0 Å². The number of amides is 1. The van der Waals surface area contributed by atoms with Crippen LogP contribution in [0.2, 0.25) is 0 Å². The molecule has 0 aliphatic heterocycles. The lowest BCUT2D eigenvalue weighted by Gasteiger charge is -2.19. The molecule has 0 aliphatic carbocycles. The summed E-state index contributed by atoms with van der Waals surface area (Å²) in [7, 11) is 0. The average molecular weight is 923 g/mol. The summed E-state index contributed by atoms with van der Waals surface area (Å²) in [4.78, 5) is 12.5. The van der Waals surface area contributed by atoms with Gasteiger partial charge in [-0.25, -0.2) is 0 Å². The van der Waals surface area contributed by atoms with Crippen LogP contribution in [0.1, 0.15) is 309 Å². The first-order valence-electron chi connectivity index (χ1n) is 29.5. The first-order chi connectivity index (χ1) is 32.7. The van der Waals surface area contributed by atoms with E-state index in [1.54, 1.807) is 6.08 Å². The summed E-state index contributed by atoms with van der Waals surface area (Å²) in [6, 6.07) is -0.649. The molecule has 0 rings (SSSR count). The highest BCUT2D eigenvalue weighted by molar-refractivity contribution is 5.76. The third-order valence-electron chi connectivity index (χ3n) is 13.5. The minimum absolute atomic E-state index is 0.0768. The van der Waals surface area contributed by atoms with Crippen molar-refractivity contribution in [2.45, 2.75) is 321 Å². The van der Waals surface area contributed by atoms with Crippen LogP contribution in [0.25, 0.3) is 0 Å². The first kappa shape index (κ1) is 64.1. The molecule has 0 saturated heterocycles. The Balaban J connectivity index is 3.55. The summed E-state index contributed by atoms with van der Waals surface area (Å²) in [5.41, 5.74) is 0. The van der Waals surface area contributed by atoms with E-state index < -0.39 is 12.1 Å². The summed E-state index contributed by atoms with van der Waals surface area (Å²) in [5.74, 6) is -0.0768. The summed E-state index contributed by atoms with van der Waals surface area (Å²) < 4.78 is 0. The Morgan fingerprint density at radius 2 is 0.636 bits per heavy atom. The lowest BCUT2D eigenvalue weighted by atomic mass is 10.0. The molecule has 1 amide bonds. The molecule has 0 aromatic rings. The number of nitrogens with one attached hydrogen (secondary N) is 1. The minimum Gasteiger partial charge on any atom is -0.394 e. The number of unbranched alkanes of at least 4 members (excludes halogenated alkanes) is 39. The van der Waals surface area contributed by atoms with Crippen LogP contribution in [0.4, 0.5) is 0 Å². The van der Waals surface area contributed by atoms with E-state index in [9.17, 15) is 15.0 Å². The molecule has 0 heterocycles. The zero-order chi connectivity index (χ0) is 47.7. The van der Waals surface area contributed by atoms with E-state index in [0.29, 0.717) is 6.42 Å². The molecule has 0 fully saturated rings. The normalized spacial score (nSPS) is 13.2. The molecule has 0 aromatic heterocycles. The molecule has 386 valence electrons. The van der Waals surface area contributed by atoms with Gasteiger partial charge in [-0.3, -0.25) is 4.79 Å². The quantitative estimate of drug-likeness (QED) is 0.0420. The van der Waals surface area contributed by atoms with Crippen LogP contribution in [0.15, 0.2) is 60.8 Å². The number of carbonyl (C=O) groups excluding carboxylic acids is 1. The van der Waals surface area contributed by atoms with E-state index in [1.807, 2.05) is 6.08 Å². The van der Waals surface area contributed by atoms with Crippen molar-refractivity contribution in [3.8, 4) is 0 Å². The second kappa shape index (κ2) is 57.4. The maximum atomic E-state index is 12.5. The maximum absolute atomic E-state index is 12.5. The maximum Gasteiger partial charge on any atom is 0.220 e. The summed E-state index contributed by atoms with van der Waals surface area (Å²) in [6.45, 7) is 4.31. The van der Waals surface area contributed by atoms with Crippen molar-refractivity contribution in [2.75, 3.05) is 6.61 Å². The predicted molar refractivity (Wildman–Crippen MR) is 294 cm³/mol. The largest absolute Gasteiger partial charge is 0.394 e. The highest BCUT2D eigenvalue weighted by atomic mass is 16.3. The molecule has 4 heteroatoms. The summed E-state index contributed by atoms with van der Waals surface area (Å²) in [6.07, 6.45) is 81.1. The van der Waals surface area contributed by atoms with Crippen LogP contribution in [0.3, 0.4) is 0 Å². The molecule has 2 atom stereocenters. The van der Waals surface area contributed by atoms with Gasteiger partial charge in [0.1, 0.15) is 0 Å². The Morgan fingerprint density at radius 1 is 0.364 bits per heavy atom. The minimum atomic E-state index is -0.874. The van der Waals surface area contributed by atoms with E-state index in [4.69, 9.17) is 0 Å². The summed E-state index contributed by atoms with van der Waals surface area (Å²) >= 11 is 0. The smallest absolute Gasteiger partial charge is 0.220 e. The van der Waals surface area contributed by atoms with Gasteiger partial charge in [-0.05, 0) is 77.0 Å². The Morgan fingerprint density at radius 3 is 0.970 bits per heavy atom. The van der Waals surface area contributed by atoms with E-state index >= 15 is 0 Å². The number of carbonyl (C=O) groups is 1. The number of hydrogen-bond acceptors (Lipinski definition) is 3. The van der Waals surface area contributed by atoms with Gasteiger partial charge >= 0.3 is 0 Å². The van der Waals surface area contributed by atoms with Gasteiger partial charge < -0.3 is 15.5 Å². The molecule has 3 N–H and O–H groups in total. The molecule has 0 bridgehead atoms. The first-order valence-corrected chi connectivity index (χ1v) is 29.5. The van der Waals surface area contributed by atoms with Crippen LogP contribution in [-0.2, 0) is 4.79 Å². The molecule has 0 radical (unpaired) electrons. The van der Waals surface area contributed by atoms with Crippen molar-refractivity contribution >= 4 is 5.91 Å². The second-order valence-corrected chi connectivity index (χ2v) is 20.0. The molecule has 66 heavy (non-hydrogen) atoms. The van der Waals surface area contributed by atoms with E-state index in [2.05, 4.69) is 67.8 Å². The lowest BCUT2D eigenvalue weighted by molar-refractivity contribution is -0.123.